The molecule has 0 bridgehead atoms. The highest BCUT2D eigenvalue weighted by Gasteiger charge is 2.19. The summed E-state index contributed by atoms with van der Waals surface area (Å²) in [5.74, 6) is -1.82. The van der Waals surface area contributed by atoms with Crippen LogP contribution in [0.15, 0.2) is 72.8 Å². The summed E-state index contributed by atoms with van der Waals surface area (Å²) < 4.78 is 26.7. The zero-order valence-electron chi connectivity index (χ0n) is 15.0. The van der Waals surface area contributed by atoms with Crippen molar-refractivity contribution in [3.05, 3.63) is 101 Å². The molecule has 5 heteroatoms. The Balaban J connectivity index is 1.72. The molecule has 27 heavy (non-hydrogen) atoms. The fraction of sp³-hybridized carbons (Fsp3) is 0.136. The minimum absolute atomic E-state index is 0.0265. The second-order valence-corrected chi connectivity index (χ2v) is 6.41. The van der Waals surface area contributed by atoms with E-state index in [2.05, 4.69) is 5.32 Å². The van der Waals surface area contributed by atoms with E-state index in [1.807, 2.05) is 66.8 Å². The van der Waals surface area contributed by atoms with Crippen LogP contribution in [0.25, 0.3) is 0 Å². The van der Waals surface area contributed by atoms with Crippen LogP contribution in [0.5, 0.6) is 0 Å². The molecule has 0 saturated heterocycles. The average molecular weight is 367 g/mol. The Hall–Kier alpha value is -3.05. The molecule has 3 nitrogen and oxygen atoms in total. The fourth-order valence-corrected chi connectivity index (χ4v) is 2.92. The van der Waals surface area contributed by atoms with Crippen LogP contribution in [0.4, 0.5) is 14.5 Å². The Kier molecular flexibility index (Phi) is 5.94. The van der Waals surface area contributed by atoms with Gasteiger partial charge in [-0.15, -0.1) is 0 Å². The molecule has 0 heterocycles. The van der Waals surface area contributed by atoms with Crippen LogP contribution in [-0.4, -0.2) is 12.5 Å². The van der Waals surface area contributed by atoms with Gasteiger partial charge in [0.25, 0.3) is 5.91 Å². The second-order valence-electron chi connectivity index (χ2n) is 6.41. The number of halogens is 2. The Morgan fingerprint density at radius 2 is 1.63 bits per heavy atom. The third kappa shape index (κ3) is 4.99. The van der Waals surface area contributed by atoms with Crippen molar-refractivity contribution in [2.45, 2.75) is 13.0 Å². The van der Waals surface area contributed by atoms with E-state index in [0.717, 1.165) is 28.8 Å². The molecule has 3 N–H and O–H groups in total. The molecule has 0 unspecified atom stereocenters. The lowest BCUT2D eigenvalue weighted by molar-refractivity contribution is -0.676. The summed E-state index contributed by atoms with van der Waals surface area (Å²) in [5.41, 5.74) is 3.28. The molecule has 0 fully saturated rings. The van der Waals surface area contributed by atoms with Gasteiger partial charge < -0.3 is 10.6 Å². The van der Waals surface area contributed by atoms with Gasteiger partial charge in [-0.05, 0) is 19.1 Å². The lowest BCUT2D eigenvalue weighted by atomic mass is 9.98. The van der Waals surface area contributed by atoms with Gasteiger partial charge in [-0.2, -0.15) is 0 Å². The number of hydrogen-bond donors (Lipinski definition) is 2. The molecule has 0 aliphatic heterocycles. The van der Waals surface area contributed by atoms with Crippen LogP contribution in [0.2, 0.25) is 0 Å². The molecule has 0 saturated carbocycles. The molecule has 138 valence electrons. The standard InChI is InChI=1S/C22H20F2N2O/c1-15-7-9-17(10-8-15)22(16-5-3-2-4-6-16)25-14-21(27)26-20-12-11-18(23)13-19(20)24/h2-13,22,25H,14H2,1H3,(H,26,27)/p+1/t22-/m0/s1. The molecule has 0 aliphatic carbocycles. The quantitative estimate of drug-likeness (QED) is 0.687. The van der Waals surface area contributed by atoms with Crippen LogP contribution in [-0.2, 0) is 4.79 Å². The summed E-state index contributed by atoms with van der Waals surface area (Å²) in [6.45, 7) is 2.12. The van der Waals surface area contributed by atoms with Gasteiger partial charge in [-0.3, -0.25) is 4.79 Å². The third-order valence-corrected chi connectivity index (χ3v) is 4.34. The number of anilines is 1. The van der Waals surface area contributed by atoms with E-state index < -0.39 is 11.6 Å². The molecule has 0 aliphatic rings. The van der Waals surface area contributed by atoms with Crippen molar-refractivity contribution in [1.82, 2.24) is 0 Å². The van der Waals surface area contributed by atoms with E-state index >= 15 is 0 Å². The number of benzene rings is 3. The van der Waals surface area contributed by atoms with Gasteiger partial charge in [0, 0.05) is 17.2 Å². The van der Waals surface area contributed by atoms with Crippen LogP contribution in [0, 0.1) is 18.6 Å². The molecule has 0 aromatic heterocycles. The maximum Gasteiger partial charge on any atom is 0.279 e. The van der Waals surface area contributed by atoms with Crippen molar-refractivity contribution in [1.29, 1.82) is 0 Å². The predicted molar refractivity (Wildman–Crippen MR) is 101 cm³/mol. The van der Waals surface area contributed by atoms with E-state index in [-0.39, 0.29) is 24.2 Å². The highest BCUT2D eigenvalue weighted by Crippen LogP contribution is 2.19. The van der Waals surface area contributed by atoms with E-state index in [9.17, 15) is 13.6 Å². The minimum atomic E-state index is -0.790. The van der Waals surface area contributed by atoms with Gasteiger partial charge in [0.2, 0.25) is 0 Å². The van der Waals surface area contributed by atoms with E-state index in [1.54, 1.807) is 0 Å². The van der Waals surface area contributed by atoms with Crippen LogP contribution >= 0.6 is 0 Å². The first-order valence-electron chi connectivity index (χ1n) is 8.72. The van der Waals surface area contributed by atoms with E-state index in [0.29, 0.717) is 0 Å². The van der Waals surface area contributed by atoms with Gasteiger partial charge in [-0.25, -0.2) is 8.78 Å². The van der Waals surface area contributed by atoms with Crippen LogP contribution < -0.4 is 10.6 Å². The lowest BCUT2D eigenvalue weighted by Gasteiger charge is -2.17. The number of aryl methyl sites for hydroxylation is 1. The first kappa shape index (κ1) is 18.7. The highest BCUT2D eigenvalue weighted by molar-refractivity contribution is 5.91. The smallest absolute Gasteiger partial charge is 0.279 e. The minimum Gasteiger partial charge on any atom is -0.328 e. The Labute approximate surface area is 157 Å². The van der Waals surface area contributed by atoms with Crippen LogP contribution in [0.1, 0.15) is 22.7 Å². The molecule has 3 aromatic rings. The van der Waals surface area contributed by atoms with Crippen molar-refractivity contribution in [3.8, 4) is 0 Å². The number of quaternary nitrogens is 1. The summed E-state index contributed by atoms with van der Waals surface area (Å²) in [5, 5.41) is 4.39. The number of hydrogen-bond acceptors (Lipinski definition) is 1. The van der Waals surface area contributed by atoms with Gasteiger partial charge in [0.05, 0.1) is 5.69 Å². The van der Waals surface area contributed by atoms with Crippen LogP contribution in [0.3, 0.4) is 0 Å². The van der Waals surface area contributed by atoms with Crippen molar-refractivity contribution < 1.29 is 18.9 Å². The van der Waals surface area contributed by atoms with E-state index in [4.69, 9.17) is 0 Å². The number of nitrogens with two attached hydrogens (primary N) is 1. The largest absolute Gasteiger partial charge is 0.328 e. The Morgan fingerprint density at radius 1 is 0.963 bits per heavy atom. The molecule has 3 aromatic carbocycles. The number of carbonyl (C=O) groups excluding carboxylic acids is 1. The third-order valence-electron chi connectivity index (χ3n) is 4.34. The normalized spacial score (nSPS) is 11.8. The van der Waals surface area contributed by atoms with Gasteiger partial charge in [0.15, 0.2) is 6.54 Å². The summed E-state index contributed by atoms with van der Waals surface area (Å²) in [6.07, 6.45) is 0. The fourth-order valence-electron chi connectivity index (χ4n) is 2.92. The van der Waals surface area contributed by atoms with Gasteiger partial charge in [-0.1, -0.05) is 60.2 Å². The monoisotopic (exact) mass is 367 g/mol. The van der Waals surface area contributed by atoms with Crippen molar-refractivity contribution in [2.24, 2.45) is 0 Å². The SMILES string of the molecule is Cc1ccc([C@@H]([NH2+]CC(=O)Nc2ccc(F)cc2F)c2ccccc2)cc1. The maximum atomic E-state index is 13.7. The summed E-state index contributed by atoms with van der Waals surface area (Å²) in [4.78, 5) is 12.3. The Bertz CT molecular complexity index is 911. The summed E-state index contributed by atoms with van der Waals surface area (Å²) in [6, 6.07) is 21.1. The first-order valence-corrected chi connectivity index (χ1v) is 8.72. The zero-order chi connectivity index (χ0) is 19.2. The topological polar surface area (TPSA) is 45.7 Å². The maximum absolute atomic E-state index is 13.7. The molecular formula is C22H21F2N2O+. The average Bonchev–Trinajstić information content (AvgIpc) is 2.66. The number of carbonyl (C=O) groups is 1. The van der Waals surface area contributed by atoms with Crippen molar-refractivity contribution >= 4 is 11.6 Å². The Morgan fingerprint density at radius 3 is 2.30 bits per heavy atom. The number of amides is 1. The predicted octanol–water partition coefficient (Wildman–Crippen LogP) is 3.56. The van der Waals surface area contributed by atoms with Crippen molar-refractivity contribution in [3.63, 3.8) is 0 Å². The molecule has 1 amide bonds. The van der Waals surface area contributed by atoms with E-state index in [1.165, 1.54) is 6.07 Å². The lowest BCUT2D eigenvalue weighted by Crippen LogP contribution is -2.87. The number of nitrogens with one attached hydrogen (secondary N) is 1. The molecular weight excluding hydrogens is 346 g/mol. The first-order chi connectivity index (χ1) is 13.0. The van der Waals surface area contributed by atoms with Crippen molar-refractivity contribution in [2.75, 3.05) is 11.9 Å². The van der Waals surface area contributed by atoms with Gasteiger partial charge in [0.1, 0.15) is 17.7 Å². The number of rotatable bonds is 6. The molecule has 3 rings (SSSR count). The summed E-state index contributed by atoms with van der Waals surface area (Å²) >= 11 is 0. The molecule has 0 spiro atoms. The summed E-state index contributed by atoms with van der Waals surface area (Å²) in [7, 11) is 0. The molecule has 0 radical (unpaired) electrons. The highest BCUT2D eigenvalue weighted by atomic mass is 19.1. The second kappa shape index (κ2) is 8.56. The zero-order valence-corrected chi connectivity index (χ0v) is 15.0. The molecule has 1 atom stereocenters. The van der Waals surface area contributed by atoms with Gasteiger partial charge >= 0.3 is 0 Å².